The molecule has 3 rings (SSSR count). The Bertz CT molecular complexity index is 667. The van der Waals surface area contributed by atoms with Crippen LogP contribution in [-0.4, -0.2) is 10.2 Å². The van der Waals surface area contributed by atoms with Gasteiger partial charge in [0.1, 0.15) is 17.2 Å². The van der Waals surface area contributed by atoms with Crippen LogP contribution in [-0.2, 0) is 6.54 Å². The van der Waals surface area contributed by atoms with E-state index in [1.807, 2.05) is 37.4 Å². The summed E-state index contributed by atoms with van der Waals surface area (Å²) in [6, 6.07) is 7.89. The van der Waals surface area contributed by atoms with Crippen molar-refractivity contribution >= 4 is 0 Å². The normalized spacial score (nSPS) is 12.7. The van der Waals surface area contributed by atoms with Gasteiger partial charge in [0.25, 0.3) is 0 Å². The lowest BCUT2D eigenvalue weighted by molar-refractivity contribution is 0.430. The molecule has 0 aliphatic rings. The lowest BCUT2D eigenvalue weighted by Gasteiger charge is -2.10. The lowest BCUT2D eigenvalue weighted by Crippen LogP contribution is -2.17. The largest absolute Gasteiger partial charge is 0.468 e. The predicted molar refractivity (Wildman–Crippen MR) is 75.0 cm³/mol. The Kier molecular flexibility index (Phi) is 3.43. The maximum Gasteiger partial charge on any atom is 0.152 e. The lowest BCUT2D eigenvalue weighted by atomic mass is 10.2. The van der Waals surface area contributed by atoms with Crippen LogP contribution in [0.25, 0.3) is 11.5 Å². The Morgan fingerprint density at radius 2 is 2.25 bits per heavy atom. The molecule has 0 amide bonds. The van der Waals surface area contributed by atoms with Gasteiger partial charge in [-0.2, -0.15) is 5.10 Å². The second kappa shape index (κ2) is 5.38. The number of furan rings is 2. The summed E-state index contributed by atoms with van der Waals surface area (Å²) in [7, 11) is 0. The number of aryl methyl sites for hydroxylation is 1. The first kappa shape index (κ1) is 12.7. The van der Waals surface area contributed by atoms with Gasteiger partial charge in [-0.15, -0.1) is 0 Å². The third-order valence-corrected chi connectivity index (χ3v) is 3.27. The molecule has 0 radical (unpaired) electrons. The summed E-state index contributed by atoms with van der Waals surface area (Å²) < 4.78 is 11.0. The summed E-state index contributed by atoms with van der Waals surface area (Å²) in [5.74, 6) is 2.61. The van der Waals surface area contributed by atoms with Gasteiger partial charge >= 0.3 is 0 Å². The van der Waals surface area contributed by atoms with Crippen molar-refractivity contribution < 1.29 is 8.83 Å². The van der Waals surface area contributed by atoms with Crippen LogP contribution in [0.2, 0.25) is 0 Å². The number of hydrogen-bond donors (Lipinski definition) is 2. The highest BCUT2D eigenvalue weighted by molar-refractivity contribution is 5.56. The molecule has 0 saturated carbocycles. The molecular weight excluding hydrogens is 254 g/mol. The number of aromatic amines is 1. The van der Waals surface area contributed by atoms with Gasteiger partial charge < -0.3 is 14.2 Å². The maximum atomic E-state index is 5.63. The minimum absolute atomic E-state index is 0.145. The Morgan fingerprint density at radius 1 is 1.35 bits per heavy atom. The molecule has 0 aliphatic carbocycles. The van der Waals surface area contributed by atoms with E-state index in [1.54, 1.807) is 6.26 Å². The van der Waals surface area contributed by atoms with Gasteiger partial charge in [-0.25, -0.2) is 0 Å². The van der Waals surface area contributed by atoms with Crippen molar-refractivity contribution in [3.63, 3.8) is 0 Å². The Balaban J connectivity index is 1.71. The Hall–Kier alpha value is -2.27. The van der Waals surface area contributed by atoms with Crippen molar-refractivity contribution in [1.82, 2.24) is 15.5 Å². The van der Waals surface area contributed by atoms with Crippen molar-refractivity contribution in [3.05, 3.63) is 53.8 Å². The maximum absolute atomic E-state index is 5.63. The van der Waals surface area contributed by atoms with Crippen LogP contribution < -0.4 is 5.32 Å². The first-order valence-corrected chi connectivity index (χ1v) is 6.60. The average Bonchev–Trinajstić information content (AvgIpc) is 3.16. The van der Waals surface area contributed by atoms with Gasteiger partial charge in [0.15, 0.2) is 5.76 Å². The molecule has 104 valence electrons. The van der Waals surface area contributed by atoms with Crippen LogP contribution >= 0.6 is 0 Å². The second-order valence-corrected chi connectivity index (χ2v) is 4.80. The quantitative estimate of drug-likeness (QED) is 0.746. The predicted octanol–water partition coefficient (Wildman–Crippen LogP) is 3.42. The molecule has 0 aliphatic heterocycles. The minimum atomic E-state index is 0.145. The topological polar surface area (TPSA) is 67.0 Å². The average molecular weight is 271 g/mol. The standard InChI is InChI=1S/C15H17N3O2/c1-10-5-6-14(20-10)15-12(9-17-18-15)8-16-11(2)13-4-3-7-19-13/h3-7,9,11,16H,8H2,1-2H3,(H,17,18). The molecule has 3 heterocycles. The van der Waals surface area contributed by atoms with Gasteiger partial charge in [-0.3, -0.25) is 5.10 Å². The zero-order valence-electron chi connectivity index (χ0n) is 11.5. The van der Waals surface area contributed by atoms with E-state index in [0.29, 0.717) is 6.54 Å². The van der Waals surface area contributed by atoms with Crippen LogP contribution in [0.4, 0.5) is 0 Å². The van der Waals surface area contributed by atoms with Crippen molar-refractivity contribution in [2.45, 2.75) is 26.4 Å². The number of hydrogen-bond acceptors (Lipinski definition) is 4. The van der Waals surface area contributed by atoms with E-state index in [1.165, 1.54) is 0 Å². The summed E-state index contributed by atoms with van der Waals surface area (Å²) in [5.41, 5.74) is 1.98. The smallest absolute Gasteiger partial charge is 0.152 e. The molecule has 0 fully saturated rings. The molecule has 0 spiro atoms. The zero-order chi connectivity index (χ0) is 13.9. The van der Waals surface area contributed by atoms with Crippen LogP contribution in [0, 0.1) is 6.92 Å². The molecule has 3 aromatic heterocycles. The number of nitrogens with one attached hydrogen (secondary N) is 2. The van der Waals surface area contributed by atoms with Gasteiger partial charge in [-0.1, -0.05) is 0 Å². The summed E-state index contributed by atoms with van der Waals surface area (Å²) in [5, 5.41) is 10.5. The van der Waals surface area contributed by atoms with Gasteiger partial charge in [-0.05, 0) is 38.1 Å². The van der Waals surface area contributed by atoms with E-state index in [0.717, 1.165) is 28.5 Å². The zero-order valence-corrected chi connectivity index (χ0v) is 11.5. The van der Waals surface area contributed by atoms with E-state index in [4.69, 9.17) is 8.83 Å². The summed E-state index contributed by atoms with van der Waals surface area (Å²) in [4.78, 5) is 0. The van der Waals surface area contributed by atoms with Crippen molar-refractivity contribution in [2.24, 2.45) is 0 Å². The number of rotatable bonds is 5. The highest BCUT2D eigenvalue weighted by Gasteiger charge is 2.13. The molecule has 0 aromatic carbocycles. The Morgan fingerprint density at radius 3 is 2.95 bits per heavy atom. The molecule has 1 atom stereocenters. The highest BCUT2D eigenvalue weighted by Crippen LogP contribution is 2.24. The molecule has 1 unspecified atom stereocenters. The fourth-order valence-electron chi connectivity index (χ4n) is 2.13. The summed E-state index contributed by atoms with van der Waals surface area (Å²) in [6.07, 6.45) is 3.50. The van der Waals surface area contributed by atoms with Crippen LogP contribution in [0.3, 0.4) is 0 Å². The second-order valence-electron chi connectivity index (χ2n) is 4.80. The monoisotopic (exact) mass is 271 g/mol. The van der Waals surface area contributed by atoms with E-state index in [-0.39, 0.29) is 6.04 Å². The number of aromatic nitrogens is 2. The van der Waals surface area contributed by atoms with E-state index in [2.05, 4.69) is 22.4 Å². The molecule has 0 bridgehead atoms. The third kappa shape index (κ3) is 2.53. The molecule has 5 heteroatoms. The molecule has 0 saturated heterocycles. The van der Waals surface area contributed by atoms with Gasteiger partial charge in [0, 0.05) is 12.1 Å². The fourth-order valence-corrected chi connectivity index (χ4v) is 2.13. The van der Waals surface area contributed by atoms with E-state index < -0.39 is 0 Å². The van der Waals surface area contributed by atoms with Crippen LogP contribution in [0.15, 0.2) is 45.6 Å². The minimum Gasteiger partial charge on any atom is -0.468 e. The summed E-state index contributed by atoms with van der Waals surface area (Å²) in [6.45, 7) is 4.68. The van der Waals surface area contributed by atoms with Crippen LogP contribution in [0.1, 0.15) is 30.0 Å². The number of nitrogens with zero attached hydrogens (tertiary/aromatic N) is 1. The van der Waals surface area contributed by atoms with Gasteiger partial charge in [0.2, 0.25) is 0 Å². The Labute approximate surface area is 117 Å². The first-order chi connectivity index (χ1) is 9.74. The molecule has 5 nitrogen and oxygen atoms in total. The van der Waals surface area contributed by atoms with E-state index in [9.17, 15) is 0 Å². The summed E-state index contributed by atoms with van der Waals surface area (Å²) >= 11 is 0. The molecular formula is C15H17N3O2. The fraction of sp³-hybridized carbons (Fsp3) is 0.267. The molecule has 3 aromatic rings. The highest BCUT2D eigenvalue weighted by atomic mass is 16.3. The van der Waals surface area contributed by atoms with Crippen molar-refractivity contribution in [2.75, 3.05) is 0 Å². The van der Waals surface area contributed by atoms with Gasteiger partial charge in [0.05, 0.1) is 18.5 Å². The van der Waals surface area contributed by atoms with Crippen molar-refractivity contribution in [3.8, 4) is 11.5 Å². The van der Waals surface area contributed by atoms with E-state index >= 15 is 0 Å². The third-order valence-electron chi connectivity index (χ3n) is 3.27. The molecule has 2 N–H and O–H groups in total. The van der Waals surface area contributed by atoms with Crippen molar-refractivity contribution in [1.29, 1.82) is 0 Å². The van der Waals surface area contributed by atoms with Crippen LogP contribution in [0.5, 0.6) is 0 Å². The molecule has 20 heavy (non-hydrogen) atoms. The first-order valence-electron chi connectivity index (χ1n) is 6.60. The SMILES string of the molecule is Cc1ccc(-c2[nH]ncc2CNC(C)c2ccco2)o1. The number of H-pyrrole nitrogens is 1.